The van der Waals surface area contributed by atoms with E-state index in [2.05, 4.69) is 15.0 Å². The predicted molar refractivity (Wildman–Crippen MR) is 134 cm³/mol. The van der Waals surface area contributed by atoms with Crippen molar-refractivity contribution in [2.24, 2.45) is 5.92 Å². The quantitative estimate of drug-likeness (QED) is 0.291. The van der Waals surface area contributed by atoms with Gasteiger partial charge in [0.25, 0.3) is 0 Å². The summed E-state index contributed by atoms with van der Waals surface area (Å²) in [7, 11) is 1.43. The van der Waals surface area contributed by atoms with E-state index in [9.17, 15) is 13.6 Å². The molecule has 0 spiro atoms. The number of benzene rings is 2. The van der Waals surface area contributed by atoms with Gasteiger partial charge in [-0.1, -0.05) is 24.3 Å². The Balaban J connectivity index is 1.37. The van der Waals surface area contributed by atoms with Crippen LogP contribution in [0.15, 0.2) is 54.9 Å². The molecule has 37 heavy (non-hydrogen) atoms. The second-order valence-corrected chi connectivity index (χ2v) is 9.34. The summed E-state index contributed by atoms with van der Waals surface area (Å²) >= 11 is 0. The van der Waals surface area contributed by atoms with Crippen LogP contribution in [0.5, 0.6) is 5.75 Å². The van der Waals surface area contributed by atoms with Crippen LogP contribution in [0.3, 0.4) is 0 Å². The number of para-hydroxylation sites is 1. The number of aryl methyl sites for hydroxylation is 1. The number of ether oxygens (including phenoxy) is 2. The topological polar surface area (TPSA) is 79.1 Å². The van der Waals surface area contributed by atoms with Crippen molar-refractivity contribution in [3.8, 4) is 16.9 Å². The van der Waals surface area contributed by atoms with Crippen LogP contribution < -0.4 is 4.74 Å². The Kier molecular flexibility index (Phi) is 7.12. The first kappa shape index (κ1) is 24.8. The van der Waals surface area contributed by atoms with Crippen molar-refractivity contribution < 1.29 is 23.0 Å². The molecule has 2 aromatic heterocycles. The van der Waals surface area contributed by atoms with Crippen molar-refractivity contribution in [1.29, 1.82) is 0 Å². The summed E-state index contributed by atoms with van der Waals surface area (Å²) in [5, 5.41) is 0. The number of esters is 1. The molecular weight excluding hydrogens is 478 g/mol. The highest BCUT2D eigenvalue weighted by atomic mass is 19.3. The summed E-state index contributed by atoms with van der Waals surface area (Å²) in [5.74, 6) is 1.79. The zero-order valence-electron chi connectivity index (χ0n) is 20.7. The molecule has 0 unspecified atom stereocenters. The highest BCUT2D eigenvalue weighted by Crippen LogP contribution is 2.35. The van der Waals surface area contributed by atoms with Crippen LogP contribution >= 0.6 is 0 Å². The summed E-state index contributed by atoms with van der Waals surface area (Å²) in [6.07, 6.45) is 6.95. The van der Waals surface area contributed by atoms with E-state index in [4.69, 9.17) is 9.47 Å². The third-order valence-corrected chi connectivity index (χ3v) is 7.09. The Hall–Kier alpha value is -3.88. The van der Waals surface area contributed by atoms with Gasteiger partial charge in [-0.3, -0.25) is 4.79 Å². The van der Waals surface area contributed by atoms with Crippen molar-refractivity contribution in [3.63, 3.8) is 0 Å². The van der Waals surface area contributed by atoms with Gasteiger partial charge in [-0.05, 0) is 56.4 Å². The molecule has 0 atom stereocenters. The number of methoxy groups -OCH3 is 1. The molecule has 1 aliphatic carbocycles. The zero-order chi connectivity index (χ0) is 25.9. The van der Waals surface area contributed by atoms with Gasteiger partial charge in [-0.15, -0.1) is 0 Å². The third-order valence-electron chi connectivity index (χ3n) is 7.09. The Morgan fingerprint density at radius 2 is 1.78 bits per heavy atom. The van der Waals surface area contributed by atoms with Gasteiger partial charge in [-0.2, -0.15) is 8.78 Å². The summed E-state index contributed by atoms with van der Waals surface area (Å²) in [6, 6.07) is 12.7. The van der Waals surface area contributed by atoms with Crippen molar-refractivity contribution in [1.82, 2.24) is 19.5 Å². The lowest BCUT2D eigenvalue weighted by Gasteiger charge is -2.25. The number of rotatable bonds is 7. The first-order valence-electron chi connectivity index (χ1n) is 12.3. The summed E-state index contributed by atoms with van der Waals surface area (Å²) < 4.78 is 37.4. The van der Waals surface area contributed by atoms with Crippen molar-refractivity contribution in [2.45, 2.75) is 51.7 Å². The van der Waals surface area contributed by atoms with Crippen LogP contribution in [0.4, 0.5) is 8.78 Å². The standard InChI is InChI=1S/C28H28F2N4O3/c1-17-33-23-12-11-20(13-24(23)34(17)16-21-5-3-4-6-25(21)37-28(29)30)22-14-31-26(32-15-22)18-7-9-19(10-8-18)27(35)36-2/h3-6,11-15,18-19,28H,7-10,16H2,1-2H3. The minimum atomic E-state index is -2.89. The van der Waals surface area contributed by atoms with E-state index < -0.39 is 6.61 Å². The number of halogens is 2. The molecule has 0 bridgehead atoms. The monoisotopic (exact) mass is 506 g/mol. The molecule has 4 aromatic rings. The summed E-state index contributed by atoms with van der Waals surface area (Å²) in [5.41, 5.74) is 4.15. The molecule has 2 heterocycles. The fourth-order valence-electron chi connectivity index (χ4n) is 5.09. The smallest absolute Gasteiger partial charge is 0.387 e. The van der Waals surface area contributed by atoms with Gasteiger partial charge in [0.05, 0.1) is 30.6 Å². The maximum Gasteiger partial charge on any atom is 0.387 e. The maximum absolute atomic E-state index is 12.9. The van der Waals surface area contributed by atoms with E-state index in [-0.39, 0.29) is 23.6 Å². The minimum Gasteiger partial charge on any atom is -0.469 e. The Morgan fingerprint density at radius 1 is 1.05 bits per heavy atom. The van der Waals surface area contributed by atoms with Gasteiger partial charge in [0, 0.05) is 29.4 Å². The molecule has 0 amide bonds. The molecule has 9 heteroatoms. The number of fused-ring (bicyclic) bond motifs is 1. The van der Waals surface area contributed by atoms with E-state index in [1.807, 2.05) is 42.1 Å². The number of nitrogens with zero attached hydrogens (tertiary/aromatic N) is 4. The Bertz CT molecular complexity index is 1400. The molecule has 0 radical (unpaired) electrons. The van der Waals surface area contributed by atoms with Crippen LogP contribution in [0, 0.1) is 12.8 Å². The van der Waals surface area contributed by atoms with Gasteiger partial charge in [-0.25, -0.2) is 15.0 Å². The number of hydrogen-bond donors (Lipinski definition) is 0. The Morgan fingerprint density at radius 3 is 2.49 bits per heavy atom. The molecular formula is C28H28F2N4O3. The number of alkyl halides is 2. The molecule has 1 saturated carbocycles. The fourth-order valence-corrected chi connectivity index (χ4v) is 5.09. The SMILES string of the molecule is COC(=O)C1CCC(c2ncc(-c3ccc4nc(C)n(Cc5ccccc5OC(F)F)c4c3)cn2)CC1. The number of hydrogen-bond acceptors (Lipinski definition) is 6. The molecule has 0 saturated heterocycles. The van der Waals surface area contributed by atoms with E-state index in [0.717, 1.165) is 59.5 Å². The number of carbonyl (C=O) groups is 1. The van der Waals surface area contributed by atoms with Gasteiger partial charge >= 0.3 is 12.6 Å². The highest BCUT2D eigenvalue weighted by molar-refractivity contribution is 5.82. The fraction of sp³-hybridized carbons (Fsp3) is 0.357. The average Bonchev–Trinajstić information content (AvgIpc) is 3.23. The highest BCUT2D eigenvalue weighted by Gasteiger charge is 2.29. The van der Waals surface area contributed by atoms with Gasteiger partial charge in [0.1, 0.15) is 17.4 Å². The van der Waals surface area contributed by atoms with Gasteiger partial charge in [0.2, 0.25) is 0 Å². The molecule has 0 aliphatic heterocycles. The first-order valence-corrected chi connectivity index (χ1v) is 12.3. The minimum absolute atomic E-state index is 0.0329. The van der Waals surface area contributed by atoms with Crippen LogP contribution in [0.25, 0.3) is 22.2 Å². The number of imidazole rings is 1. The van der Waals surface area contributed by atoms with Crippen molar-refractivity contribution >= 4 is 17.0 Å². The van der Waals surface area contributed by atoms with Crippen molar-refractivity contribution in [3.05, 3.63) is 72.1 Å². The molecule has 1 fully saturated rings. The van der Waals surface area contributed by atoms with E-state index >= 15 is 0 Å². The molecule has 5 rings (SSSR count). The van der Waals surface area contributed by atoms with E-state index in [1.165, 1.54) is 7.11 Å². The molecule has 2 aromatic carbocycles. The summed E-state index contributed by atoms with van der Waals surface area (Å²) in [4.78, 5) is 25.7. The number of carbonyl (C=O) groups excluding carboxylic acids is 1. The maximum atomic E-state index is 12.9. The third kappa shape index (κ3) is 5.30. The lowest BCUT2D eigenvalue weighted by Crippen LogP contribution is -2.22. The largest absolute Gasteiger partial charge is 0.469 e. The predicted octanol–water partition coefficient (Wildman–Crippen LogP) is 5.90. The van der Waals surface area contributed by atoms with E-state index in [1.54, 1.807) is 24.3 Å². The molecule has 192 valence electrons. The lowest BCUT2D eigenvalue weighted by atomic mass is 9.81. The van der Waals surface area contributed by atoms with Gasteiger partial charge in [0.15, 0.2) is 0 Å². The second-order valence-electron chi connectivity index (χ2n) is 9.34. The lowest BCUT2D eigenvalue weighted by molar-refractivity contribution is -0.146. The van der Waals surface area contributed by atoms with Crippen LogP contribution in [0.1, 0.15) is 48.8 Å². The zero-order valence-corrected chi connectivity index (χ0v) is 20.7. The first-order chi connectivity index (χ1) is 17.9. The summed E-state index contributed by atoms with van der Waals surface area (Å²) in [6.45, 7) is -0.652. The van der Waals surface area contributed by atoms with Crippen LogP contribution in [-0.2, 0) is 16.1 Å². The van der Waals surface area contributed by atoms with Gasteiger partial charge < -0.3 is 14.0 Å². The molecule has 1 aliphatic rings. The van der Waals surface area contributed by atoms with Crippen LogP contribution in [0.2, 0.25) is 0 Å². The van der Waals surface area contributed by atoms with Crippen molar-refractivity contribution in [2.75, 3.05) is 7.11 Å². The molecule has 0 N–H and O–H groups in total. The number of aromatic nitrogens is 4. The second kappa shape index (κ2) is 10.6. The molecule has 7 nitrogen and oxygen atoms in total. The Labute approximate surface area is 213 Å². The van der Waals surface area contributed by atoms with Crippen LogP contribution in [-0.4, -0.2) is 39.2 Å². The average molecular weight is 507 g/mol. The normalized spacial score (nSPS) is 17.8. The van der Waals surface area contributed by atoms with E-state index in [0.29, 0.717) is 12.1 Å².